The van der Waals surface area contributed by atoms with Crippen molar-refractivity contribution in [1.29, 1.82) is 5.26 Å². The van der Waals surface area contributed by atoms with E-state index in [1.54, 1.807) is 33.7 Å². The molecule has 14 heteroatoms. The summed E-state index contributed by atoms with van der Waals surface area (Å²) in [6.07, 6.45) is 4.56. The van der Waals surface area contributed by atoms with Gasteiger partial charge in [-0.15, -0.1) is 0 Å². The molecule has 0 aliphatic carbocycles. The number of piperazine rings is 1. The van der Waals surface area contributed by atoms with Gasteiger partial charge in [-0.05, 0) is 75.2 Å². The Kier molecular flexibility index (Phi) is 9.36. The van der Waals surface area contributed by atoms with Crippen molar-refractivity contribution < 1.29 is 23.0 Å². The van der Waals surface area contributed by atoms with Gasteiger partial charge in [0.2, 0.25) is 0 Å². The number of halogens is 2. The zero-order chi connectivity index (χ0) is 35.9. The minimum Gasteiger partial charge on any atom is -0.451 e. The Morgan fingerprint density at radius 1 is 1.04 bits per heavy atom. The van der Waals surface area contributed by atoms with Gasteiger partial charge in [-0.3, -0.25) is 23.7 Å². The van der Waals surface area contributed by atoms with Crippen LogP contribution in [0.15, 0.2) is 71.2 Å². The van der Waals surface area contributed by atoms with E-state index in [4.69, 9.17) is 15.2 Å². The first-order valence-corrected chi connectivity index (χ1v) is 17.1. The van der Waals surface area contributed by atoms with Crippen LogP contribution >= 0.6 is 0 Å². The molecule has 5 heterocycles. The molecule has 12 nitrogen and oxygen atoms in total. The average Bonchev–Trinajstić information content (AvgIpc) is 3.41. The smallest absolute Gasteiger partial charge is 0.334 e. The van der Waals surface area contributed by atoms with Crippen LogP contribution in [0.5, 0.6) is 11.5 Å². The van der Waals surface area contributed by atoms with Gasteiger partial charge in [0.25, 0.3) is 5.91 Å². The Hall–Kier alpha value is -5.10. The van der Waals surface area contributed by atoms with Gasteiger partial charge >= 0.3 is 5.69 Å². The molecule has 0 unspecified atom stereocenters. The van der Waals surface area contributed by atoms with Gasteiger partial charge in [0.1, 0.15) is 28.7 Å². The lowest BCUT2D eigenvalue weighted by Gasteiger charge is -2.46. The Labute approximate surface area is 293 Å². The molecule has 0 saturated carbocycles. The summed E-state index contributed by atoms with van der Waals surface area (Å²) >= 11 is 0. The number of carbonyl (C=O) groups excluding carboxylic acids is 1. The Balaban J connectivity index is 1.13. The number of imidazole rings is 1. The van der Waals surface area contributed by atoms with Crippen LogP contribution < -0.4 is 16.2 Å². The highest BCUT2D eigenvalue weighted by molar-refractivity contribution is 5.97. The molecule has 3 fully saturated rings. The number of para-hydroxylation sites is 1. The molecule has 266 valence electrons. The predicted molar refractivity (Wildman–Crippen MR) is 187 cm³/mol. The number of hydrogen-bond acceptors (Lipinski definition) is 9. The molecule has 7 rings (SSSR count). The lowest BCUT2D eigenvalue weighted by molar-refractivity contribution is -0.128. The molecule has 1 atom stereocenters. The number of piperidine rings is 1. The van der Waals surface area contributed by atoms with E-state index >= 15 is 0 Å². The van der Waals surface area contributed by atoms with Crippen molar-refractivity contribution in [3.05, 3.63) is 88.5 Å². The molecule has 0 radical (unpaired) electrons. The highest BCUT2D eigenvalue weighted by Crippen LogP contribution is 2.32. The number of benzene rings is 2. The maximum Gasteiger partial charge on any atom is 0.334 e. The molecule has 3 aliphatic rings. The SMILES string of the molecule is CC(C)(/C=C(\C#N)C(=O)N1CCC[C@@H](n2c(=O)n(-c3ccc(Oc4c(F)cccc4F)cc3)c3c(N)nccc32)C1)N1CCN(C2COC2)CC1. The Bertz CT molecular complexity index is 2050. The van der Waals surface area contributed by atoms with Gasteiger partial charge in [-0.1, -0.05) is 6.07 Å². The van der Waals surface area contributed by atoms with E-state index in [1.807, 2.05) is 13.8 Å². The Morgan fingerprint density at radius 3 is 2.39 bits per heavy atom. The Morgan fingerprint density at radius 2 is 1.75 bits per heavy atom. The van der Waals surface area contributed by atoms with Crippen LogP contribution in [0, 0.1) is 23.0 Å². The van der Waals surface area contributed by atoms with Gasteiger partial charge in [-0.25, -0.2) is 18.6 Å². The molecule has 1 amide bonds. The van der Waals surface area contributed by atoms with Crippen LogP contribution in [0.2, 0.25) is 0 Å². The van der Waals surface area contributed by atoms with E-state index in [0.717, 1.165) is 51.5 Å². The number of carbonyl (C=O) groups is 1. The summed E-state index contributed by atoms with van der Waals surface area (Å²) in [6.45, 7) is 9.74. The minimum absolute atomic E-state index is 0.0799. The maximum atomic E-state index is 14.3. The number of rotatable bonds is 8. The second-order valence-corrected chi connectivity index (χ2v) is 13.8. The number of fused-ring (bicyclic) bond motifs is 1. The number of likely N-dealkylation sites (tertiary alicyclic amines) is 1. The number of pyridine rings is 1. The number of amides is 1. The number of aromatic nitrogens is 3. The molecule has 2 aromatic heterocycles. The number of nitrogens with two attached hydrogens (primary N) is 1. The van der Waals surface area contributed by atoms with Gasteiger partial charge < -0.3 is 20.1 Å². The van der Waals surface area contributed by atoms with Crippen molar-refractivity contribution in [2.45, 2.75) is 44.3 Å². The zero-order valence-corrected chi connectivity index (χ0v) is 28.6. The third-order valence-corrected chi connectivity index (χ3v) is 10.2. The van der Waals surface area contributed by atoms with Gasteiger partial charge in [0.05, 0.1) is 36.5 Å². The molecule has 2 aromatic carbocycles. The molecular weight excluding hydrogens is 658 g/mol. The first-order valence-electron chi connectivity index (χ1n) is 17.1. The van der Waals surface area contributed by atoms with E-state index in [1.165, 1.54) is 29.0 Å². The summed E-state index contributed by atoms with van der Waals surface area (Å²) in [5.74, 6) is -2.26. The molecule has 0 spiro atoms. The fraction of sp³-hybridized carbons (Fsp3) is 0.405. The normalized spacial score (nSPS) is 19.5. The quantitative estimate of drug-likeness (QED) is 0.212. The lowest BCUT2D eigenvalue weighted by atomic mass is 9.96. The predicted octanol–water partition coefficient (Wildman–Crippen LogP) is 4.25. The van der Waals surface area contributed by atoms with Crippen molar-refractivity contribution in [3.8, 4) is 23.3 Å². The molecule has 51 heavy (non-hydrogen) atoms. The topological polar surface area (TPSA) is 135 Å². The van der Waals surface area contributed by atoms with Crippen molar-refractivity contribution in [3.63, 3.8) is 0 Å². The summed E-state index contributed by atoms with van der Waals surface area (Å²) in [7, 11) is 0. The molecule has 0 bridgehead atoms. The van der Waals surface area contributed by atoms with E-state index in [9.17, 15) is 23.6 Å². The summed E-state index contributed by atoms with van der Waals surface area (Å²) < 4.78 is 42.3. The zero-order valence-electron chi connectivity index (χ0n) is 28.6. The average molecular weight is 699 g/mol. The highest BCUT2D eigenvalue weighted by Gasteiger charge is 2.35. The van der Waals surface area contributed by atoms with Crippen LogP contribution in [-0.4, -0.2) is 98.8 Å². The minimum atomic E-state index is -0.841. The van der Waals surface area contributed by atoms with Crippen LogP contribution in [-0.2, 0) is 9.53 Å². The monoisotopic (exact) mass is 698 g/mol. The van der Waals surface area contributed by atoms with E-state index < -0.39 is 29.0 Å². The van der Waals surface area contributed by atoms with E-state index in [2.05, 4.69) is 20.9 Å². The number of ether oxygens (including phenoxy) is 2. The molecule has 3 aliphatic heterocycles. The lowest BCUT2D eigenvalue weighted by Crippen LogP contribution is -2.59. The van der Waals surface area contributed by atoms with E-state index in [0.29, 0.717) is 42.1 Å². The number of nitriles is 1. The van der Waals surface area contributed by atoms with Crippen molar-refractivity contribution in [1.82, 2.24) is 28.8 Å². The van der Waals surface area contributed by atoms with Crippen molar-refractivity contribution in [2.75, 3.05) is 58.2 Å². The number of anilines is 1. The fourth-order valence-corrected chi connectivity index (χ4v) is 7.35. The summed E-state index contributed by atoms with van der Waals surface area (Å²) in [5, 5.41) is 10.2. The van der Waals surface area contributed by atoms with Crippen LogP contribution in [0.3, 0.4) is 0 Å². The van der Waals surface area contributed by atoms with Crippen molar-refractivity contribution >= 4 is 22.8 Å². The summed E-state index contributed by atoms with van der Waals surface area (Å²) in [5.41, 5.74) is 6.90. The van der Waals surface area contributed by atoms with Crippen LogP contribution in [0.1, 0.15) is 32.7 Å². The van der Waals surface area contributed by atoms with Gasteiger partial charge in [-0.2, -0.15) is 5.26 Å². The highest BCUT2D eigenvalue weighted by atomic mass is 19.1. The first kappa shape index (κ1) is 34.4. The summed E-state index contributed by atoms with van der Waals surface area (Å²) in [4.78, 5) is 38.8. The number of hydrogen-bond donors (Lipinski definition) is 1. The molecule has 4 aromatic rings. The number of nitrogens with zero attached hydrogens (tertiary/aromatic N) is 7. The third-order valence-electron chi connectivity index (χ3n) is 10.2. The second kappa shape index (κ2) is 13.9. The molecule has 2 N–H and O–H groups in total. The van der Waals surface area contributed by atoms with Gasteiger partial charge in [0, 0.05) is 51.0 Å². The second-order valence-electron chi connectivity index (χ2n) is 13.8. The van der Waals surface area contributed by atoms with Gasteiger partial charge in [0.15, 0.2) is 17.4 Å². The molecular formula is C37H40F2N8O4. The first-order chi connectivity index (χ1) is 24.6. The van der Waals surface area contributed by atoms with Crippen LogP contribution in [0.4, 0.5) is 14.6 Å². The van der Waals surface area contributed by atoms with E-state index in [-0.39, 0.29) is 35.3 Å². The van der Waals surface area contributed by atoms with Crippen LogP contribution in [0.25, 0.3) is 16.7 Å². The largest absolute Gasteiger partial charge is 0.451 e. The maximum absolute atomic E-state index is 14.3. The van der Waals surface area contributed by atoms with Crippen molar-refractivity contribution in [2.24, 2.45) is 0 Å². The number of nitrogen functional groups attached to an aromatic ring is 1. The third kappa shape index (κ3) is 6.60. The fourth-order valence-electron chi connectivity index (χ4n) is 7.35. The molecule has 3 saturated heterocycles. The standard InChI is InChI=1S/C37H40F2N8O4/c1-37(2,45-17-15-43(16-18-45)27-22-50-23-27)19-24(20-40)35(48)44-14-4-5-26(21-44)46-31-12-13-42-34(41)32(31)47(36(46)49)25-8-10-28(11-9-25)51-33-29(38)6-3-7-30(33)39/h3,6-13,19,26-27H,4-5,14-18,21-23H2,1-2H3,(H2,41,42)/b24-19+/t26-/m1/s1. The summed E-state index contributed by atoms with van der Waals surface area (Å²) in [6, 6.07) is 13.6.